The molecule has 0 aliphatic carbocycles. The van der Waals surface area contributed by atoms with Gasteiger partial charge in [0.05, 0.1) is 22.8 Å². The molecule has 3 nitrogen and oxygen atoms in total. The van der Waals surface area contributed by atoms with Crippen molar-refractivity contribution >= 4 is 24.2 Å². The van der Waals surface area contributed by atoms with Crippen molar-refractivity contribution in [1.82, 2.24) is 0 Å². The zero-order valence-corrected chi connectivity index (χ0v) is 13.2. The summed E-state index contributed by atoms with van der Waals surface area (Å²) in [5.74, 6) is 0.796. The molecule has 0 amide bonds. The van der Waals surface area contributed by atoms with Crippen LogP contribution in [0.4, 0.5) is 0 Å². The normalized spacial score (nSPS) is 23.4. The van der Waals surface area contributed by atoms with Crippen LogP contribution in [0.25, 0.3) is 0 Å². The number of hydrogen-bond acceptors (Lipinski definition) is 3. The minimum Gasteiger partial charge on any atom is -0.492 e. The topological polar surface area (TPSA) is 27.7 Å². The van der Waals surface area contributed by atoms with Crippen LogP contribution in [0.3, 0.4) is 0 Å². The van der Waals surface area contributed by atoms with E-state index in [2.05, 4.69) is 6.07 Å². The van der Waals surface area contributed by atoms with Gasteiger partial charge in [-0.1, -0.05) is 23.7 Å². The third-order valence-corrected chi connectivity index (χ3v) is 4.94. The molecule has 0 aromatic heterocycles. The molecule has 0 spiro atoms. The molecule has 0 bridgehead atoms. The molecule has 20 heavy (non-hydrogen) atoms. The molecule has 3 rings (SSSR count). The van der Waals surface area contributed by atoms with Crippen molar-refractivity contribution < 1.29 is 14.0 Å². The highest BCUT2D eigenvalue weighted by Crippen LogP contribution is 2.38. The van der Waals surface area contributed by atoms with Crippen LogP contribution in [0.15, 0.2) is 12.1 Å². The number of ether oxygens (including phenoxy) is 1. The van der Waals surface area contributed by atoms with Crippen molar-refractivity contribution in [2.45, 2.75) is 51.7 Å². The van der Waals surface area contributed by atoms with Gasteiger partial charge in [-0.25, -0.2) is 0 Å². The van der Waals surface area contributed by atoms with Crippen LogP contribution in [0.1, 0.15) is 39.7 Å². The molecule has 0 saturated carbocycles. The molecule has 2 aliphatic rings. The first-order chi connectivity index (χ1) is 9.32. The summed E-state index contributed by atoms with van der Waals surface area (Å²) in [4.78, 5) is 0. The van der Waals surface area contributed by atoms with Gasteiger partial charge in [0.15, 0.2) is 0 Å². The van der Waals surface area contributed by atoms with Crippen LogP contribution in [0, 0.1) is 0 Å². The zero-order chi connectivity index (χ0) is 14.5. The largest absolute Gasteiger partial charge is 0.496 e. The highest BCUT2D eigenvalue weighted by atomic mass is 35.5. The average Bonchev–Trinajstić information content (AvgIpc) is 2.59. The molecular formula is C15H20BClO3. The lowest BCUT2D eigenvalue weighted by atomic mass is 9.78. The Hall–Kier alpha value is -0.705. The molecule has 108 valence electrons. The zero-order valence-electron chi connectivity index (χ0n) is 12.5. The summed E-state index contributed by atoms with van der Waals surface area (Å²) in [6.07, 6.45) is 2.05. The third kappa shape index (κ3) is 2.14. The van der Waals surface area contributed by atoms with E-state index in [-0.39, 0.29) is 11.2 Å². The Labute approximate surface area is 125 Å². The fraction of sp³-hybridized carbons (Fsp3) is 0.600. The van der Waals surface area contributed by atoms with Crippen LogP contribution in [-0.2, 0) is 15.7 Å². The van der Waals surface area contributed by atoms with E-state index in [0.717, 1.165) is 30.7 Å². The van der Waals surface area contributed by atoms with E-state index in [0.29, 0.717) is 5.02 Å². The quantitative estimate of drug-likeness (QED) is 0.745. The highest BCUT2D eigenvalue weighted by Gasteiger charge is 2.52. The van der Waals surface area contributed by atoms with Gasteiger partial charge < -0.3 is 14.0 Å². The maximum absolute atomic E-state index is 6.51. The van der Waals surface area contributed by atoms with Crippen LogP contribution in [-0.4, -0.2) is 24.9 Å². The molecule has 1 fully saturated rings. The standard InChI is InChI=1S/C15H20BClO3/c1-14(2)15(3,4)20-16(19-14)11-8-7-10-6-5-9-18-13(10)12(11)17/h7-8H,5-6,9H2,1-4H3. The Morgan fingerprint density at radius 3 is 2.40 bits per heavy atom. The van der Waals surface area contributed by atoms with Gasteiger partial charge in [-0.2, -0.15) is 0 Å². The Morgan fingerprint density at radius 2 is 1.75 bits per heavy atom. The first-order valence-corrected chi connectivity index (χ1v) is 7.49. The Bertz CT molecular complexity index is 526. The molecule has 1 aromatic carbocycles. The maximum atomic E-state index is 6.51. The highest BCUT2D eigenvalue weighted by molar-refractivity contribution is 6.66. The predicted octanol–water partition coefficient (Wildman–Crippen LogP) is 2.96. The second-order valence-corrected chi connectivity index (χ2v) is 6.88. The molecule has 0 radical (unpaired) electrons. The Morgan fingerprint density at radius 1 is 1.10 bits per heavy atom. The third-order valence-electron chi connectivity index (χ3n) is 4.55. The van der Waals surface area contributed by atoms with Crippen LogP contribution >= 0.6 is 11.6 Å². The molecule has 5 heteroatoms. The van der Waals surface area contributed by atoms with E-state index in [1.165, 1.54) is 5.56 Å². The second kappa shape index (κ2) is 4.65. The van der Waals surface area contributed by atoms with Crippen LogP contribution in [0.2, 0.25) is 5.02 Å². The van der Waals surface area contributed by atoms with Crippen LogP contribution < -0.4 is 10.2 Å². The molecule has 1 aromatic rings. The molecule has 1 saturated heterocycles. The van der Waals surface area contributed by atoms with Crippen molar-refractivity contribution in [2.24, 2.45) is 0 Å². The van der Waals surface area contributed by atoms with Gasteiger partial charge in [0.25, 0.3) is 0 Å². The lowest BCUT2D eigenvalue weighted by molar-refractivity contribution is 0.00578. The van der Waals surface area contributed by atoms with Gasteiger partial charge >= 0.3 is 7.12 Å². The van der Waals surface area contributed by atoms with Crippen molar-refractivity contribution in [2.75, 3.05) is 6.61 Å². The molecule has 2 aliphatic heterocycles. The van der Waals surface area contributed by atoms with Gasteiger partial charge in [0, 0.05) is 5.46 Å². The molecule has 0 unspecified atom stereocenters. The number of halogens is 1. The number of fused-ring (bicyclic) bond motifs is 1. The monoisotopic (exact) mass is 294 g/mol. The molecule has 0 atom stereocenters. The summed E-state index contributed by atoms with van der Waals surface area (Å²) in [7, 11) is -0.441. The number of benzene rings is 1. The van der Waals surface area contributed by atoms with E-state index in [4.69, 9.17) is 25.6 Å². The van der Waals surface area contributed by atoms with Gasteiger partial charge in [0.2, 0.25) is 0 Å². The van der Waals surface area contributed by atoms with Crippen molar-refractivity contribution in [3.63, 3.8) is 0 Å². The summed E-state index contributed by atoms with van der Waals surface area (Å²) in [5, 5.41) is 0.626. The number of rotatable bonds is 1. The average molecular weight is 295 g/mol. The SMILES string of the molecule is CC1(C)OB(c2ccc3c(c2Cl)OCCC3)OC1(C)C. The lowest BCUT2D eigenvalue weighted by Crippen LogP contribution is -2.41. The van der Waals surface area contributed by atoms with Crippen LogP contribution in [0.5, 0.6) is 5.75 Å². The van der Waals surface area contributed by atoms with Crippen molar-refractivity contribution in [3.05, 3.63) is 22.7 Å². The minimum absolute atomic E-state index is 0.363. The summed E-state index contributed by atoms with van der Waals surface area (Å²) < 4.78 is 17.8. The smallest absolute Gasteiger partial charge is 0.492 e. The first-order valence-electron chi connectivity index (χ1n) is 7.11. The van der Waals surface area contributed by atoms with E-state index >= 15 is 0 Å². The lowest BCUT2D eigenvalue weighted by Gasteiger charge is -2.32. The Balaban J connectivity index is 1.96. The van der Waals surface area contributed by atoms with E-state index in [1.807, 2.05) is 33.8 Å². The maximum Gasteiger partial charge on any atom is 0.496 e. The predicted molar refractivity (Wildman–Crippen MR) is 81.0 cm³/mol. The van der Waals surface area contributed by atoms with E-state index < -0.39 is 7.12 Å². The molecule has 0 N–H and O–H groups in total. The number of hydrogen-bond donors (Lipinski definition) is 0. The summed E-state index contributed by atoms with van der Waals surface area (Å²) in [6.45, 7) is 8.87. The van der Waals surface area contributed by atoms with E-state index in [9.17, 15) is 0 Å². The molecular weight excluding hydrogens is 274 g/mol. The van der Waals surface area contributed by atoms with Crippen molar-refractivity contribution in [1.29, 1.82) is 0 Å². The molecule has 2 heterocycles. The summed E-state index contributed by atoms with van der Waals surface area (Å²) >= 11 is 6.51. The fourth-order valence-electron chi connectivity index (χ4n) is 2.55. The van der Waals surface area contributed by atoms with E-state index in [1.54, 1.807) is 0 Å². The van der Waals surface area contributed by atoms with Crippen molar-refractivity contribution in [3.8, 4) is 5.75 Å². The van der Waals surface area contributed by atoms with Gasteiger partial charge in [-0.3, -0.25) is 0 Å². The van der Waals surface area contributed by atoms with Gasteiger partial charge in [0.1, 0.15) is 5.75 Å². The minimum atomic E-state index is -0.441. The summed E-state index contributed by atoms with van der Waals surface area (Å²) in [6, 6.07) is 4.07. The Kier molecular flexibility index (Phi) is 3.31. The van der Waals surface area contributed by atoms with Gasteiger partial charge in [-0.05, 0) is 46.1 Å². The fourth-order valence-corrected chi connectivity index (χ4v) is 2.88. The second-order valence-electron chi connectivity index (χ2n) is 6.50. The number of aryl methyl sites for hydroxylation is 1. The summed E-state index contributed by atoms with van der Waals surface area (Å²) in [5.41, 5.74) is 1.29. The van der Waals surface area contributed by atoms with Gasteiger partial charge in [-0.15, -0.1) is 0 Å². The first kappa shape index (κ1) is 14.2.